The van der Waals surface area contributed by atoms with Gasteiger partial charge in [-0.05, 0) is 48.2 Å². The number of nitrogen functional groups attached to an aromatic ring is 2. The minimum atomic E-state index is -0.484. The van der Waals surface area contributed by atoms with Gasteiger partial charge in [-0.25, -0.2) is 19.3 Å². The fourth-order valence-corrected chi connectivity index (χ4v) is 5.75. The van der Waals surface area contributed by atoms with E-state index in [0.29, 0.717) is 76.4 Å². The maximum atomic E-state index is 11.9. The Bertz CT molecular complexity index is 2660. The van der Waals surface area contributed by atoms with Crippen LogP contribution in [0.2, 0.25) is 0 Å². The summed E-state index contributed by atoms with van der Waals surface area (Å²) >= 11 is 0. The molecular formula is C36H35N15O5. The molecule has 0 spiro atoms. The highest BCUT2D eigenvalue weighted by molar-refractivity contribution is 5.87. The fraction of sp³-hybridized carbons (Fsp3) is 0.222. The Morgan fingerprint density at radius 3 is 2.16 bits per heavy atom. The van der Waals surface area contributed by atoms with E-state index in [4.69, 9.17) is 20.3 Å². The van der Waals surface area contributed by atoms with Crippen LogP contribution in [0.25, 0.3) is 45.2 Å². The van der Waals surface area contributed by atoms with Crippen molar-refractivity contribution in [3.8, 4) is 22.9 Å². The number of furan rings is 2. The number of carbonyl (C=O) groups is 1. The molecule has 0 saturated heterocycles. The molecule has 284 valence electrons. The second kappa shape index (κ2) is 15.8. The number of rotatable bonds is 11. The third-order valence-electron chi connectivity index (χ3n) is 8.22. The zero-order valence-corrected chi connectivity index (χ0v) is 30.4. The minimum absolute atomic E-state index is 0.0390. The topological polar surface area (TPSA) is 276 Å². The Kier molecular flexibility index (Phi) is 10.3. The molecule has 0 aliphatic rings. The zero-order chi connectivity index (χ0) is 39.3. The van der Waals surface area contributed by atoms with Crippen LogP contribution in [0, 0.1) is 23.0 Å². The standard InChI is InChI=1S/C21H23N7O2.C15H12N8O3/c1-13(2)9-17(29)23-11-14-5-3-6-15(10-14)12-28-20-19(26-27-28)18(24-21(22)25-20)16-7-4-8-30-16;1-8-2-3-11(26-8)12-13-14(19-15(16)18-12)22(21-20-13)7-9-6-10(23(24)25)4-5-17-9/h3-8,10,13H,9,11-12H2,1-2H3,(H,23,29)(H2,22,24,25);2-6H,7H2,1H3,(H2,16,18,19). The molecule has 7 heterocycles. The summed E-state index contributed by atoms with van der Waals surface area (Å²) in [5.41, 5.74) is 16.9. The molecule has 0 radical (unpaired) electrons. The normalized spacial score (nSPS) is 11.2. The molecule has 1 amide bonds. The van der Waals surface area contributed by atoms with Gasteiger partial charge in [-0.1, -0.05) is 48.5 Å². The first-order valence-corrected chi connectivity index (χ1v) is 17.3. The molecule has 7 aromatic heterocycles. The number of nitrogens with two attached hydrogens (primary N) is 2. The molecule has 0 aliphatic heterocycles. The van der Waals surface area contributed by atoms with E-state index in [-0.39, 0.29) is 30.0 Å². The molecule has 0 saturated carbocycles. The zero-order valence-electron chi connectivity index (χ0n) is 30.4. The molecule has 5 N–H and O–H groups in total. The van der Waals surface area contributed by atoms with E-state index < -0.39 is 4.92 Å². The number of carbonyl (C=O) groups excluding carboxylic acids is 1. The highest BCUT2D eigenvalue weighted by Crippen LogP contribution is 2.28. The number of pyridine rings is 1. The summed E-state index contributed by atoms with van der Waals surface area (Å²) in [4.78, 5) is 43.4. The molecule has 0 aliphatic carbocycles. The molecule has 0 unspecified atom stereocenters. The molecule has 56 heavy (non-hydrogen) atoms. The summed E-state index contributed by atoms with van der Waals surface area (Å²) in [6.07, 6.45) is 3.45. The van der Waals surface area contributed by atoms with Crippen molar-refractivity contribution >= 4 is 45.8 Å². The lowest BCUT2D eigenvalue weighted by molar-refractivity contribution is -0.385. The predicted octanol–water partition coefficient (Wildman–Crippen LogP) is 4.50. The number of nitrogens with zero attached hydrogens (tertiary/aromatic N) is 12. The molecule has 0 fully saturated rings. The van der Waals surface area contributed by atoms with Gasteiger partial charge >= 0.3 is 0 Å². The van der Waals surface area contributed by atoms with Crippen LogP contribution in [0.4, 0.5) is 17.6 Å². The summed E-state index contributed by atoms with van der Waals surface area (Å²) in [5, 5.41) is 30.5. The van der Waals surface area contributed by atoms with Gasteiger partial charge in [0.1, 0.15) is 17.1 Å². The Morgan fingerprint density at radius 1 is 0.857 bits per heavy atom. The quantitative estimate of drug-likeness (QED) is 0.121. The van der Waals surface area contributed by atoms with Crippen molar-refractivity contribution in [2.45, 2.75) is 46.8 Å². The van der Waals surface area contributed by atoms with Gasteiger partial charge in [0, 0.05) is 31.3 Å². The summed E-state index contributed by atoms with van der Waals surface area (Å²) in [7, 11) is 0. The highest BCUT2D eigenvalue weighted by atomic mass is 16.6. The van der Waals surface area contributed by atoms with E-state index >= 15 is 0 Å². The van der Waals surface area contributed by atoms with E-state index in [1.54, 1.807) is 35.2 Å². The SMILES string of the molecule is CC(C)CC(=O)NCc1cccc(Cn2nnc3c(-c4ccco4)nc(N)nc32)c1.Cc1ccc(-c2nc(N)nc3c2nnn3Cc2cc([N+](=O)[O-])ccn2)o1. The summed E-state index contributed by atoms with van der Waals surface area (Å²) < 4.78 is 14.2. The van der Waals surface area contributed by atoms with E-state index in [0.717, 1.165) is 16.9 Å². The summed E-state index contributed by atoms with van der Waals surface area (Å²) in [6.45, 7) is 6.95. The number of anilines is 2. The van der Waals surface area contributed by atoms with Gasteiger partial charge in [0.2, 0.25) is 17.8 Å². The Balaban J connectivity index is 0.000000173. The Morgan fingerprint density at radius 2 is 1.54 bits per heavy atom. The third kappa shape index (κ3) is 8.28. The number of fused-ring (bicyclic) bond motifs is 2. The first-order valence-electron chi connectivity index (χ1n) is 17.3. The van der Waals surface area contributed by atoms with Gasteiger partial charge in [-0.15, -0.1) is 10.2 Å². The van der Waals surface area contributed by atoms with Gasteiger partial charge in [-0.3, -0.25) is 19.9 Å². The Hall–Kier alpha value is -7.64. The second-order valence-electron chi connectivity index (χ2n) is 13.0. The fourth-order valence-electron chi connectivity index (χ4n) is 5.75. The molecule has 20 heteroatoms. The number of aromatic nitrogens is 11. The van der Waals surface area contributed by atoms with Gasteiger partial charge in [-0.2, -0.15) is 9.97 Å². The molecule has 1 aromatic carbocycles. The molecule has 0 bridgehead atoms. The van der Waals surface area contributed by atoms with E-state index in [1.165, 1.54) is 23.0 Å². The van der Waals surface area contributed by atoms with Crippen molar-refractivity contribution in [2.24, 2.45) is 5.92 Å². The number of nitrogens with one attached hydrogen (secondary N) is 1. The number of amides is 1. The lowest BCUT2D eigenvalue weighted by Crippen LogP contribution is -2.23. The first kappa shape index (κ1) is 36.7. The van der Waals surface area contributed by atoms with E-state index in [9.17, 15) is 14.9 Å². The summed E-state index contributed by atoms with van der Waals surface area (Å²) in [5.74, 6) is 2.32. The summed E-state index contributed by atoms with van der Waals surface area (Å²) in [6, 6.07) is 17.8. The lowest BCUT2D eigenvalue weighted by atomic mass is 10.1. The van der Waals surface area contributed by atoms with Crippen molar-refractivity contribution in [3.63, 3.8) is 0 Å². The van der Waals surface area contributed by atoms with Crippen LogP contribution in [0.5, 0.6) is 0 Å². The average Bonchev–Trinajstić information content (AvgIpc) is 4.00. The number of aryl methyl sites for hydroxylation is 1. The highest BCUT2D eigenvalue weighted by Gasteiger charge is 2.20. The van der Waals surface area contributed by atoms with Crippen molar-refractivity contribution < 1.29 is 18.6 Å². The van der Waals surface area contributed by atoms with Crippen molar-refractivity contribution in [1.29, 1.82) is 0 Å². The predicted molar refractivity (Wildman–Crippen MR) is 202 cm³/mol. The second-order valence-corrected chi connectivity index (χ2v) is 13.0. The van der Waals surface area contributed by atoms with Crippen molar-refractivity contribution in [1.82, 2.24) is 60.2 Å². The van der Waals surface area contributed by atoms with Crippen LogP contribution in [0.1, 0.15) is 42.8 Å². The van der Waals surface area contributed by atoms with Crippen LogP contribution < -0.4 is 16.8 Å². The number of nitro groups is 1. The molecule has 0 atom stereocenters. The largest absolute Gasteiger partial charge is 0.463 e. The van der Waals surface area contributed by atoms with Gasteiger partial charge in [0.15, 0.2) is 33.8 Å². The number of benzene rings is 1. The van der Waals surface area contributed by atoms with Gasteiger partial charge in [0.05, 0.1) is 30.0 Å². The first-order chi connectivity index (χ1) is 27.0. The number of hydrogen-bond donors (Lipinski definition) is 3. The van der Waals surface area contributed by atoms with Crippen LogP contribution in [-0.2, 0) is 24.4 Å². The van der Waals surface area contributed by atoms with Crippen LogP contribution in [0.15, 0.2) is 82.0 Å². The molecule has 8 aromatic rings. The maximum Gasteiger partial charge on any atom is 0.272 e. The molecule has 20 nitrogen and oxygen atoms in total. The molecule has 8 rings (SSSR count). The molecular weight excluding hydrogens is 722 g/mol. The minimum Gasteiger partial charge on any atom is -0.463 e. The van der Waals surface area contributed by atoms with Gasteiger partial charge < -0.3 is 25.6 Å². The third-order valence-corrected chi connectivity index (χ3v) is 8.22. The lowest BCUT2D eigenvalue weighted by Gasteiger charge is -2.09. The number of hydrogen-bond acceptors (Lipinski definition) is 16. The van der Waals surface area contributed by atoms with Crippen molar-refractivity contribution in [3.05, 3.63) is 106 Å². The Labute approximate surface area is 317 Å². The van der Waals surface area contributed by atoms with E-state index in [2.05, 4.69) is 50.9 Å². The van der Waals surface area contributed by atoms with Crippen molar-refractivity contribution in [2.75, 3.05) is 11.5 Å². The van der Waals surface area contributed by atoms with Crippen LogP contribution in [-0.4, -0.2) is 65.7 Å². The monoisotopic (exact) mass is 757 g/mol. The van der Waals surface area contributed by atoms with Gasteiger partial charge in [0.25, 0.3) is 5.69 Å². The average molecular weight is 758 g/mol. The maximum absolute atomic E-state index is 11.9. The van der Waals surface area contributed by atoms with Crippen LogP contribution >= 0.6 is 0 Å². The van der Waals surface area contributed by atoms with Crippen LogP contribution in [0.3, 0.4) is 0 Å². The smallest absolute Gasteiger partial charge is 0.272 e. The van der Waals surface area contributed by atoms with E-state index in [1.807, 2.05) is 45.0 Å².